The Morgan fingerprint density at radius 1 is 1.17 bits per heavy atom. The first-order valence-corrected chi connectivity index (χ1v) is 5.25. The van der Waals surface area contributed by atoms with Gasteiger partial charge >= 0.3 is 0 Å². The molecule has 0 amide bonds. The van der Waals surface area contributed by atoms with Gasteiger partial charge < -0.3 is 4.74 Å². The third-order valence-electron chi connectivity index (χ3n) is 2.30. The van der Waals surface area contributed by atoms with Crippen LogP contribution in [-0.2, 0) is 4.74 Å². The Kier molecular flexibility index (Phi) is 3.57. The normalized spacial score (nSPS) is 20.5. The second-order valence-electron chi connectivity index (χ2n) is 4.69. The molecule has 0 spiro atoms. The van der Waals surface area contributed by atoms with E-state index in [2.05, 4.69) is 27.7 Å². The molecule has 0 unspecified atom stereocenters. The number of hydrogen-bond donors (Lipinski definition) is 0. The molecule has 0 aromatic heterocycles. The zero-order valence-corrected chi connectivity index (χ0v) is 8.84. The van der Waals surface area contributed by atoms with Gasteiger partial charge in [-0.3, -0.25) is 0 Å². The van der Waals surface area contributed by atoms with Gasteiger partial charge in [0.05, 0.1) is 12.2 Å². The highest BCUT2D eigenvalue weighted by atomic mass is 16.5. The molecule has 0 radical (unpaired) electrons. The van der Waals surface area contributed by atoms with Crippen LogP contribution in [0.3, 0.4) is 0 Å². The lowest BCUT2D eigenvalue weighted by Gasteiger charge is -2.21. The molecule has 72 valence electrons. The predicted octanol–water partition coefficient (Wildman–Crippen LogP) is 3.24. The minimum absolute atomic E-state index is 0.398. The Morgan fingerprint density at radius 2 is 1.75 bits per heavy atom. The van der Waals surface area contributed by atoms with Crippen LogP contribution in [0.4, 0.5) is 0 Å². The van der Waals surface area contributed by atoms with Crippen molar-refractivity contribution in [3.05, 3.63) is 0 Å². The maximum absolute atomic E-state index is 5.89. The Labute approximate surface area is 76.5 Å². The first-order chi connectivity index (χ1) is 5.59. The molecule has 12 heavy (non-hydrogen) atoms. The minimum atomic E-state index is 0.398. The topological polar surface area (TPSA) is 9.23 Å². The molecular formula is C11H22O. The van der Waals surface area contributed by atoms with Gasteiger partial charge in [0, 0.05) is 0 Å². The van der Waals surface area contributed by atoms with Crippen molar-refractivity contribution in [2.24, 2.45) is 11.8 Å². The summed E-state index contributed by atoms with van der Waals surface area (Å²) < 4.78 is 5.89. The summed E-state index contributed by atoms with van der Waals surface area (Å²) in [6.07, 6.45) is 4.97. The van der Waals surface area contributed by atoms with E-state index < -0.39 is 0 Å². The number of rotatable bonds is 5. The summed E-state index contributed by atoms with van der Waals surface area (Å²) >= 11 is 0. The summed E-state index contributed by atoms with van der Waals surface area (Å²) in [7, 11) is 0. The SMILES string of the molecule is CC(C)C[C@@H](OC(C)C)C1CC1. The van der Waals surface area contributed by atoms with E-state index in [1.165, 1.54) is 19.3 Å². The summed E-state index contributed by atoms with van der Waals surface area (Å²) in [4.78, 5) is 0. The molecule has 0 N–H and O–H groups in total. The fraction of sp³-hybridized carbons (Fsp3) is 1.00. The van der Waals surface area contributed by atoms with Crippen LogP contribution in [0.1, 0.15) is 47.0 Å². The van der Waals surface area contributed by atoms with Gasteiger partial charge in [-0.05, 0) is 44.9 Å². The molecule has 0 aromatic rings. The lowest BCUT2D eigenvalue weighted by Crippen LogP contribution is -2.21. The van der Waals surface area contributed by atoms with Gasteiger partial charge in [-0.1, -0.05) is 13.8 Å². The molecule has 0 bridgehead atoms. The van der Waals surface area contributed by atoms with Gasteiger partial charge in [-0.15, -0.1) is 0 Å². The van der Waals surface area contributed by atoms with Crippen molar-refractivity contribution >= 4 is 0 Å². The summed E-state index contributed by atoms with van der Waals surface area (Å²) in [5.41, 5.74) is 0. The van der Waals surface area contributed by atoms with Crippen LogP contribution in [0.25, 0.3) is 0 Å². The molecule has 1 aliphatic carbocycles. The molecule has 0 saturated heterocycles. The van der Waals surface area contributed by atoms with E-state index in [0.717, 1.165) is 11.8 Å². The first kappa shape index (κ1) is 10.0. The molecule has 1 fully saturated rings. The van der Waals surface area contributed by atoms with E-state index in [1.807, 2.05) is 0 Å². The van der Waals surface area contributed by atoms with Crippen molar-refractivity contribution in [1.29, 1.82) is 0 Å². The predicted molar refractivity (Wildman–Crippen MR) is 52.2 cm³/mol. The van der Waals surface area contributed by atoms with E-state index in [-0.39, 0.29) is 0 Å². The van der Waals surface area contributed by atoms with E-state index in [0.29, 0.717) is 12.2 Å². The second-order valence-corrected chi connectivity index (χ2v) is 4.69. The van der Waals surface area contributed by atoms with Crippen molar-refractivity contribution in [2.75, 3.05) is 0 Å². The molecule has 0 aliphatic heterocycles. The van der Waals surface area contributed by atoms with Crippen molar-refractivity contribution in [3.63, 3.8) is 0 Å². The highest BCUT2D eigenvalue weighted by Crippen LogP contribution is 2.37. The van der Waals surface area contributed by atoms with Gasteiger partial charge in [0.1, 0.15) is 0 Å². The van der Waals surface area contributed by atoms with Crippen LogP contribution in [-0.4, -0.2) is 12.2 Å². The van der Waals surface area contributed by atoms with E-state index in [1.54, 1.807) is 0 Å². The van der Waals surface area contributed by atoms with Crippen molar-refractivity contribution in [2.45, 2.75) is 59.2 Å². The largest absolute Gasteiger partial charge is 0.375 e. The Hall–Kier alpha value is -0.0400. The van der Waals surface area contributed by atoms with Crippen LogP contribution in [0.15, 0.2) is 0 Å². The van der Waals surface area contributed by atoms with Crippen LogP contribution < -0.4 is 0 Å². The zero-order valence-electron chi connectivity index (χ0n) is 8.84. The molecular weight excluding hydrogens is 148 g/mol. The first-order valence-electron chi connectivity index (χ1n) is 5.25. The average molecular weight is 170 g/mol. The minimum Gasteiger partial charge on any atom is -0.375 e. The maximum atomic E-state index is 5.89. The van der Waals surface area contributed by atoms with Crippen molar-refractivity contribution < 1.29 is 4.74 Å². The summed E-state index contributed by atoms with van der Waals surface area (Å²) in [5.74, 6) is 1.66. The standard InChI is InChI=1S/C11H22O/c1-8(2)7-11(10-5-6-10)12-9(3)4/h8-11H,5-7H2,1-4H3/t11-/m1/s1. The smallest absolute Gasteiger partial charge is 0.0609 e. The lowest BCUT2D eigenvalue weighted by atomic mass is 10.0. The Balaban J connectivity index is 2.27. The third kappa shape index (κ3) is 3.57. The zero-order chi connectivity index (χ0) is 9.14. The molecule has 1 aliphatic rings. The second kappa shape index (κ2) is 4.27. The fourth-order valence-corrected chi connectivity index (χ4v) is 1.64. The number of hydrogen-bond acceptors (Lipinski definition) is 1. The van der Waals surface area contributed by atoms with Crippen molar-refractivity contribution in [1.82, 2.24) is 0 Å². The van der Waals surface area contributed by atoms with Gasteiger partial charge in [0.2, 0.25) is 0 Å². The molecule has 0 aromatic carbocycles. The highest BCUT2D eigenvalue weighted by molar-refractivity contribution is 4.83. The fourth-order valence-electron chi connectivity index (χ4n) is 1.64. The Bertz CT molecular complexity index is 115. The van der Waals surface area contributed by atoms with Gasteiger partial charge in [0.25, 0.3) is 0 Å². The molecule has 1 atom stereocenters. The lowest BCUT2D eigenvalue weighted by molar-refractivity contribution is -0.0157. The maximum Gasteiger partial charge on any atom is 0.0609 e. The van der Waals surface area contributed by atoms with Gasteiger partial charge in [-0.25, -0.2) is 0 Å². The summed E-state index contributed by atoms with van der Waals surface area (Å²) in [6.45, 7) is 8.82. The van der Waals surface area contributed by atoms with Gasteiger partial charge in [0.15, 0.2) is 0 Å². The summed E-state index contributed by atoms with van der Waals surface area (Å²) in [6, 6.07) is 0. The molecule has 1 nitrogen and oxygen atoms in total. The van der Waals surface area contributed by atoms with Crippen LogP contribution >= 0.6 is 0 Å². The van der Waals surface area contributed by atoms with Crippen LogP contribution in [0.2, 0.25) is 0 Å². The van der Waals surface area contributed by atoms with Crippen LogP contribution in [0.5, 0.6) is 0 Å². The molecule has 1 rings (SSSR count). The molecule has 1 saturated carbocycles. The van der Waals surface area contributed by atoms with E-state index in [9.17, 15) is 0 Å². The van der Waals surface area contributed by atoms with E-state index in [4.69, 9.17) is 4.74 Å². The van der Waals surface area contributed by atoms with E-state index >= 15 is 0 Å². The van der Waals surface area contributed by atoms with Crippen molar-refractivity contribution in [3.8, 4) is 0 Å². The number of ether oxygens (including phenoxy) is 1. The van der Waals surface area contributed by atoms with Crippen LogP contribution in [0, 0.1) is 11.8 Å². The average Bonchev–Trinajstić information content (AvgIpc) is 2.63. The molecule has 1 heteroatoms. The third-order valence-corrected chi connectivity index (χ3v) is 2.30. The monoisotopic (exact) mass is 170 g/mol. The quantitative estimate of drug-likeness (QED) is 0.615. The van der Waals surface area contributed by atoms with Gasteiger partial charge in [-0.2, -0.15) is 0 Å². The molecule has 0 heterocycles. The summed E-state index contributed by atoms with van der Waals surface area (Å²) in [5, 5.41) is 0. The highest BCUT2D eigenvalue weighted by Gasteiger charge is 2.32. The Morgan fingerprint density at radius 3 is 2.08 bits per heavy atom.